The van der Waals surface area contributed by atoms with Crippen LogP contribution in [0, 0.1) is 18.7 Å². The smallest absolute Gasteiger partial charge is 0.224 e. The van der Waals surface area contributed by atoms with Gasteiger partial charge >= 0.3 is 0 Å². The highest BCUT2D eigenvalue weighted by atomic mass is 19.1. The van der Waals surface area contributed by atoms with Gasteiger partial charge in [-0.05, 0) is 24.8 Å². The second-order valence-corrected chi connectivity index (χ2v) is 6.41. The van der Waals surface area contributed by atoms with Crippen LogP contribution in [0.4, 0.5) is 10.2 Å². The Morgan fingerprint density at radius 2 is 2.26 bits per heavy atom. The molecule has 0 spiro atoms. The summed E-state index contributed by atoms with van der Waals surface area (Å²) < 4.78 is 25.1. The number of rotatable bonds is 3. The summed E-state index contributed by atoms with van der Waals surface area (Å²) in [5.74, 6) is 2.07. The van der Waals surface area contributed by atoms with Gasteiger partial charge in [-0.2, -0.15) is 4.98 Å². The van der Waals surface area contributed by atoms with Gasteiger partial charge in [-0.3, -0.25) is 0 Å². The second kappa shape index (κ2) is 5.18. The molecule has 3 heterocycles. The molecule has 0 unspecified atom stereocenters. The number of hydrogen-bond acceptors (Lipinski definition) is 6. The zero-order valence-corrected chi connectivity index (χ0v) is 13.3. The van der Waals surface area contributed by atoms with Crippen LogP contribution in [0.2, 0.25) is 0 Å². The van der Waals surface area contributed by atoms with E-state index in [9.17, 15) is 4.39 Å². The Labute approximate surface area is 133 Å². The molecular weight excluding hydrogens is 299 g/mol. The van der Waals surface area contributed by atoms with Crippen molar-refractivity contribution in [2.24, 2.45) is 5.92 Å². The first-order valence-corrected chi connectivity index (χ1v) is 7.88. The van der Waals surface area contributed by atoms with Crippen molar-refractivity contribution in [3.05, 3.63) is 29.7 Å². The van der Waals surface area contributed by atoms with Gasteiger partial charge in [-0.15, -0.1) is 10.2 Å². The Morgan fingerprint density at radius 3 is 3.00 bits per heavy atom. The molecule has 122 valence electrons. The van der Waals surface area contributed by atoms with E-state index in [4.69, 9.17) is 9.15 Å². The molecule has 2 aromatic heterocycles. The Bertz CT molecular complexity index is 735. The molecule has 2 fully saturated rings. The summed E-state index contributed by atoms with van der Waals surface area (Å²) >= 11 is 0. The lowest BCUT2D eigenvalue weighted by atomic mass is 9.80. The highest BCUT2D eigenvalue weighted by Crippen LogP contribution is 2.50. The van der Waals surface area contributed by atoms with Gasteiger partial charge in [0.05, 0.1) is 12.5 Å². The second-order valence-electron chi connectivity index (χ2n) is 6.41. The number of fused-ring (bicyclic) bond motifs is 1. The van der Waals surface area contributed by atoms with E-state index in [1.54, 1.807) is 6.92 Å². The molecule has 0 aromatic carbocycles. The number of anilines is 1. The molecule has 23 heavy (non-hydrogen) atoms. The van der Waals surface area contributed by atoms with E-state index in [2.05, 4.69) is 15.2 Å². The van der Waals surface area contributed by atoms with E-state index in [0.717, 1.165) is 25.8 Å². The molecule has 0 radical (unpaired) electrons. The van der Waals surface area contributed by atoms with Crippen LogP contribution in [0.25, 0.3) is 0 Å². The van der Waals surface area contributed by atoms with Crippen molar-refractivity contribution < 1.29 is 13.5 Å². The minimum atomic E-state index is -0.331. The Kier molecular flexibility index (Phi) is 3.25. The van der Waals surface area contributed by atoms with Gasteiger partial charge in [-0.25, -0.2) is 4.39 Å². The summed E-state index contributed by atoms with van der Waals surface area (Å²) in [7, 11) is 1.53. The zero-order chi connectivity index (χ0) is 16.0. The van der Waals surface area contributed by atoms with Crippen LogP contribution in [-0.4, -0.2) is 35.4 Å². The van der Waals surface area contributed by atoms with Crippen LogP contribution in [0.5, 0.6) is 5.88 Å². The number of ether oxygens (including phenoxy) is 1. The molecule has 0 bridgehead atoms. The van der Waals surface area contributed by atoms with Crippen molar-refractivity contribution in [3.8, 4) is 5.88 Å². The molecule has 1 aliphatic heterocycles. The number of methoxy groups -OCH3 is 1. The largest absolute Gasteiger partial charge is 0.481 e. The zero-order valence-electron chi connectivity index (χ0n) is 13.3. The van der Waals surface area contributed by atoms with Crippen molar-refractivity contribution in [1.29, 1.82) is 0 Å². The van der Waals surface area contributed by atoms with Crippen molar-refractivity contribution in [2.45, 2.75) is 31.6 Å². The fourth-order valence-electron chi connectivity index (χ4n) is 4.05. The average molecular weight is 318 g/mol. The molecule has 7 heteroatoms. The summed E-state index contributed by atoms with van der Waals surface area (Å²) in [6.07, 6.45) is 3.21. The third-order valence-corrected chi connectivity index (χ3v) is 5.13. The molecule has 1 saturated carbocycles. The molecule has 1 aliphatic carbocycles. The average Bonchev–Trinajstić information content (AvgIpc) is 3.21. The minimum Gasteiger partial charge on any atom is -0.481 e. The highest BCUT2D eigenvalue weighted by molar-refractivity contribution is 5.46. The molecule has 2 aliphatic rings. The summed E-state index contributed by atoms with van der Waals surface area (Å²) in [5.41, 5.74) is -0.182. The van der Waals surface area contributed by atoms with Gasteiger partial charge in [0.1, 0.15) is 0 Å². The van der Waals surface area contributed by atoms with E-state index >= 15 is 0 Å². The Balaban J connectivity index is 1.70. The SMILES string of the molecule is COc1ccc(F)c(N2C[C@@H]3CCC[C@]3(c3nnc(C)o3)C2)n1. The van der Waals surface area contributed by atoms with Crippen molar-refractivity contribution in [2.75, 3.05) is 25.1 Å². The van der Waals surface area contributed by atoms with Crippen LogP contribution < -0.4 is 9.64 Å². The van der Waals surface area contributed by atoms with E-state index in [1.807, 2.05) is 4.90 Å². The molecular formula is C16H19FN4O2. The monoisotopic (exact) mass is 318 g/mol. The maximum atomic E-state index is 14.3. The van der Waals surface area contributed by atoms with E-state index < -0.39 is 0 Å². The summed E-state index contributed by atoms with van der Waals surface area (Å²) in [6, 6.07) is 2.94. The number of nitrogens with zero attached hydrogens (tertiary/aromatic N) is 4. The van der Waals surface area contributed by atoms with Gasteiger partial charge < -0.3 is 14.1 Å². The Morgan fingerprint density at radius 1 is 1.39 bits per heavy atom. The first kappa shape index (κ1) is 14.4. The third-order valence-electron chi connectivity index (χ3n) is 5.13. The lowest BCUT2D eigenvalue weighted by Crippen LogP contribution is -2.32. The lowest BCUT2D eigenvalue weighted by Gasteiger charge is -2.25. The summed E-state index contributed by atoms with van der Waals surface area (Å²) in [6.45, 7) is 3.20. The van der Waals surface area contributed by atoms with Gasteiger partial charge in [0.2, 0.25) is 17.7 Å². The van der Waals surface area contributed by atoms with Crippen LogP contribution in [-0.2, 0) is 5.41 Å². The van der Waals surface area contributed by atoms with Gasteiger partial charge in [-0.1, -0.05) is 6.42 Å². The number of aromatic nitrogens is 3. The predicted molar refractivity (Wildman–Crippen MR) is 81.0 cm³/mol. The van der Waals surface area contributed by atoms with Crippen LogP contribution in [0.15, 0.2) is 16.5 Å². The molecule has 2 atom stereocenters. The van der Waals surface area contributed by atoms with Crippen LogP contribution in [0.3, 0.4) is 0 Å². The molecule has 0 amide bonds. The van der Waals surface area contributed by atoms with E-state index in [1.165, 1.54) is 19.2 Å². The maximum absolute atomic E-state index is 14.3. The first-order chi connectivity index (χ1) is 11.1. The molecule has 2 aromatic rings. The number of hydrogen-bond donors (Lipinski definition) is 0. The van der Waals surface area contributed by atoms with Crippen LogP contribution in [0.1, 0.15) is 31.0 Å². The molecule has 1 saturated heterocycles. The van der Waals surface area contributed by atoms with E-state index in [0.29, 0.717) is 35.9 Å². The lowest BCUT2D eigenvalue weighted by molar-refractivity contribution is 0.299. The van der Waals surface area contributed by atoms with Gasteiger partial charge in [0, 0.05) is 26.1 Å². The highest BCUT2D eigenvalue weighted by Gasteiger charge is 2.54. The normalized spacial score (nSPS) is 26.6. The topological polar surface area (TPSA) is 64.3 Å². The number of aryl methyl sites for hydroxylation is 1. The maximum Gasteiger partial charge on any atom is 0.224 e. The standard InChI is InChI=1S/C16H19FN4O2/c1-10-19-20-15(23-10)16-7-3-4-11(16)8-21(9-16)14-12(17)5-6-13(18-14)22-2/h5-6,11H,3-4,7-9H2,1-2H3/t11-,16-/m0/s1. The Hall–Kier alpha value is -2.18. The number of pyridine rings is 1. The van der Waals surface area contributed by atoms with Crippen molar-refractivity contribution in [3.63, 3.8) is 0 Å². The third kappa shape index (κ3) is 2.17. The molecule has 6 nitrogen and oxygen atoms in total. The van der Waals surface area contributed by atoms with E-state index in [-0.39, 0.29) is 11.2 Å². The fraction of sp³-hybridized carbons (Fsp3) is 0.562. The van der Waals surface area contributed by atoms with Crippen molar-refractivity contribution >= 4 is 5.82 Å². The minimum absolute atomic E-state index is 0.182. The van der Waals surface area contributed by atoms with Gasteiger partial charge in [0.25, 0.3) is 0 Å². The molecule has 4 rings (SSSR count). The fourth-order valence-corrected chi connectivity index (χ4v) is 4.05. The van der Waals surface area contributed by atoms with Crippen LogP contribution >= 0.6 is 0 Å². The molecule has 0 N–H and O–H groups in total. The predicted octanol–water partition coefficient (Wildman–Crippen LogP) is 2.48. The summed E-state index contributed by atoms with van der Waals surface area (Å²) in [4.78, 5) is 6.28. The summed E-state index contributed by atoms with van der Waals surface area (Å²) in [5, 5.41) is 8.25. The quantitative estimate of drug-likeness (QED) is 0.866. The van der Waals surface area contributed by atoms with Gasteiger partial charge in [0.15, 0.2) is 11.6 Å². The number of halogens is 1. The first-order valence-electron chi connectivity index (χ1n) is 7.88. The van der Waals surface area contributed by atoms with Crippen molar-refractivity contribution in [1.82, 2.24) is 15.2 Å².